The molecule has 1 fully saturated rings. The summed E-state index contributed by atoms with van der Waals surface area (Å²) in [5.41, 5.74) is 8.82. The Hall–Kier alpha value is -3.54. The lowest BCUT2D eigenvalue weighted by Crippen LogP contribution is -2.24. The largest absolute Gasteiger partial charge is 0.383 e. The molecule has 0 radical (unpaired) electrons. The van der Waals surface area contributed by atoms with E-state index in [0.717, 1.165) is 43.9 Å². The molecule has 1 saturated heterocycles. The van der Waals surface area contributed by atoms with Crippen LogP contribution in [0, 0.1) is 5.82 Å². The molecule has 4 aromatic rings. The Morgan fingerprint density at radius 3 is 2.58 bits per heavy atom. The van der Waals surface area contributed by atoms with Crippen molar-refractivity contribution in [3.05, 3.63) is 82.8 Å². The molecule has 3 N–H and O–H groups in total. The average molecular weight is 584 g/mol. The topological polar surface area (TPSA) is 103 Å². The van der Waals surface area contributed by atoms with E-state index >= 15 is 0 Å². The van der Waals surface area contributed by atoms with E-state index in [2.05, 4.69) is 36.3 Å². The highest BCUT2D eigenvalue weighted by Gasteiger charge is 2.23. The Morgan fingerprint density at radius 1 is 1.21 bits per heavy atom. The Labute approximate surface area is 229 Å². The van der Waals surface area contributed by atoms with Gasteiger partial charge in [0, 0.05) is 39.0 Å². The number of urea groups is 1. The number of nitrogens with two attached hydrogens (primary N) is 1. The normalized spacial score (nSPS) is 15.2. The van der Waals surface area contributed by atoms with Crippen molar-refractivity contribution < 1.29 is 13.9 Å². The molecule has 9 nitrogen and oxygen atoms in total. The van der Waals surface area contributed by atoms with Crippen molar-refractivity contribution in [2.45, 2.75) is 12.3 Å². The van der Waals surface area contributed by atoms with Gasteiger partial charge in [0.25, 0.3) is 0 Å². The van der Waals surface area contributed by atoms with E-state index in [1.807, 2.05) is 55.7 Å². The lowest BCUT2D eigenvalue weighted by molar-refractivity contribution is 0.160. The first-order valence-corrected chi connectivity index (χ1v) is 13.0. The highest BCUT2D eigenvalue weighted by Crippen LogP contribution is 2.35. The predicted octanol–water partition coefficient (Wildman–Crippen LogP) is 4.79. The molecule has 1 aliphatic heterocycles. The van der Waals surface area contributed by atoms with Crippen LogP contribution in [0.4, 0.5) is 15.0 Å². The zero-order valence-corrected chi connectivity index (χ0v) is 22.9. The van der Waals surface area contributed by atoms with E-state index in [4.69, 9.17) is 10.5 Å². The molecule has 3 heterocycles. The number of benzene rings is 2. The van der Waals surface area contributed by atoms with Crippen LogP contribution < -0.4 is 11.1 Å². The number of anilines is 1. The third-order valence-corrected chi connectivity index (χ3v) is 7.02. The summed E-state index contributed by atoms with van der Waals surface area (Å²) in [7, 11) is 3.56. The Balaban J connectivity index is 0.000000186. The third-order valence-electron chi connectivity index (χ3n) is 6.27. The van der Waals surface area contributed by atoms with Gasteiger partial charge < -0.3 is 15.4 Å². The van der Waals surface area contributed by atoms with E-state index in [1.54, 1.807) is 34.8 Å². The number of primary amides is 1. The van der Waals surface area contributed by atoms with Crippen molar-refractivity contribution in [1.29, 1.82) is 0 Å². The number of aromatic nitrogens is 4. The molecule has 1 aliphatic rings. The molecule has 0 spiro atoms. The smallest absolute Gasteiger partial charge is 0.317 e. The van der Waals surface area contributed by atoms with Gasteiger partial charge in [-0.15, -0.1) is 0 Å². The number of halogens is 2. The second-order valence-corrected chi connectivity index (χ2v) is 9.77. The second kappa shape index (κ2) is 12.8. The number of ether oxygens (including phenoxy) is 1. The summed E-state index contributed by atoms with van der Waals surface area (Å²) in [6.45, 7) is 3.96. The van der Waals surface area contributed by atoms with Gasteiger partial charge in [0.15, 0.2) is 5.82 Å². The fourth-order valence-electron chi connectivity index (χ4n) is 4.37. The van der Waals surface area contributed by atoms with Gasteiger partial charge in [-0.2, -0.15) is 10.2 Å². The average Bonchev–Trinajstić information content (AvgIpc) is 3.64. The van der Waals surface area contributed by atoms with Gasteiger partial charge in [0.05, 0.1) is 23.0 Å². The summed E-state index contributed by atoms with van der Waals surface area (Å²) in [5.74, 6) is 0.869. The van der Waals surface area contributed by atoms with Gasteiger partial charge in [-0.25, -0.2) is 13.9 Å². The standard InChI is InChI=1S/C14H13BrN6O.C13H18FNO/c1-20-8-9(7-17-20)12-11(15)13(18-14(16)22)21(19-12)10-5-3-2-4-6-10;1-16-9-8-15-7-6-12(10-15)11-2-4-13(14)5-3-11/h2-8H,1H3,(H3,16,18,22);2-5,12H,6-10H2,1H3. The highest BCUT2D eigenvalue weighted by molar-refractivity contribution is 9.10. The van der Waals surface area contributed by atoms with Crippen LogP contribution in [0.25, 0.3) is 16.9 Å². The molecule has 0 saturated carbocycles. The number of carbonyl (C=O) groups is 1. The van der Waals surface area contributed by atoms with Gasteiger partial charge in [-0.1, -0.05) is 30.3 Å². The molecule has 200 valence electrons. The van der Waals surface area contributed by atoms with Crippen LogP contribution in [0.2, 0.25) is 0 Å². The molecule has 5 rings (SSSR count). The third kappa shape index (κ3) is 6.85. The molecule has 38 heavy (non-hydrogen) atoms. The molecule has 11 heteroatoms. The van der Waals surface area contributed by atoms with Crippen molar-refractivity contribution in [2.75, 3.05) is 38.7 Å². The maximum Gasteiger partial charge on any atom is 0.317 e. The fourth-order valence-corrected chi connectivity index (χ4v) is 4.95. The molecule has 2 aromatic carbocycles. The maximum atomic E-state index is 12.8. The van der Waals surface area contributed by atoms with Crippen molar-refractivity contribution >= 4 is 27.8 Å². The van der Waals surface area contributed by atoms with E-state index in [-0.39, 0.29) is 5.82 Å². The van der Waals surface area contributed by atoms with Crippen molar-refractivity contribution in [2.24, 2.45) is 12.8 Å². The van der Waals surface area contributed by atoms with Crippen molar-refractivity contribution in [1.82, 2.24) is 24.5 Å². The minimum atomic E-state index is -0.657. The van der Waals surface area contributed by atoms with Crippen LogP contribution in [-0.4, -0.2) is 63.8 Å². The van der Waals surface area contributed by atoms with Crippen molar-refractivity contribution in [3.63, 3.8) is 0 Å². The number of methoxy groups -OCH3 is 1. The molecular weight excluding hydrogens is 553 g/mol. The van der Waals surface area contributed by atoms with Crippen LogP contribution in [0.15, 0.2) is 71.5 Å². The number of hydrogen-bond acceptors (Lipinski definition) is 5. The number of nitrogens with one attached hydrogen (secondary N) is 1. The Kier molecular flexibility index (Phi) is 9.27. The summed E-state index contributed by atoms with van der Waals surface area (Å²) in [6.07, 6.45) is 4.71. The molecule has 1 atom stereocenters. The van der Waals surface area contributed by atoms with Crippen LogP contribution in [0.5, 0.6) is 0 Å². The van der Waals surface area contributed by atoms with Crippen LogP contribution in [0.1, 0.15) is 17.9 Å². The van der Waals surface area contributed by atoms with Crippen LogP contribution in [-0.2, 0) is 11.8 Å². The van der Waals surface area contributed by atoms with E-state index in [1.165, 1.54) is 5.56 Å². The van der Waals surface area contributed by atoms with Crippen LogP contribution >= 0.6 is 15.9 Å². The number of hydrogen-bond donors (Lipinski definition) is 2. The summed E-state index contributed by atoms with van der Waals surface area (Å²) in [5, 5.41) is 11.3. The SMILES string of the molecule is COCCN1CCC(c2ccc(F)cc2)C1.Cn1cc(-c2nn(-c3ccccc3)c(NC(N)=O)c2Br)cn1. The summed E-state index contributed by atoms with van der Waals surface area (Å²) in [4.78, 5) is 13.7. The number of aryl methyl sites for hydroxylation is 1. The van der Waals surface area contributed by atoms with Gasteiger partial charge in [0.2, 0.25) is 0 Å². The molecule has 0 aliphatic carbocycles. The minimum absolute atomic E-state index is 0.155. The first-order valence-electron chi connectivity index (χ1n) is 12.2. The monoisotopic (exact) mass is 583 g/mol. The van der Waals surface area contributed by atoms with Gasteiger partial charge in [-0.3, -0.25) is 10.00 Å². The molecule has 2 aromatic heterocycles. The molecule has 2 amide bonds. The number of amides is 2. The summed E-state index contributed by atoms with van der Waals surface area (Å²) < 4.78 is 21.8. The first-order chi connectivity index (χ1) is 18.4. The lowest BCUT2D eigenvalue weighted by Gasteiger charge is -2.15. The van der Waals surface area contributed by atoms with E-state index in [9.17, 15) is 9.18 Å². The first kappa shape index (κ1) is 27.5. The number of rotatable bonds is 7. The van der Waals surface area contributed by atoms with Crippen molar-refractivity contribution in [3.8, 4) is 16.9 Å². The highest BCUT2D eigenvalue weighted by atomic mass is 79.9. The number of nitrogens with zero attached hydrogens (tertiary/aromatic N) is 5. The molecular formula is C27H31BrFN7O2. The molecule has 1 unspecified atom stereocenters. The number of para-hydroxylation sites is 1. The Bertz CT molecular complexity index is 1340. The minimum Gasteiger partial charge on any atom is -0.383 e. The van der Waals surface area contributed by atoms with Gasteiger partial charge >= 0.3 is 6.03 Å². The summed E-state index contributed by atoms with van der Waals surface area (Å²) in [6, 6.07) is 15.7. The number of likely N-dealkylation sites (tertiary alicyclic amines) is 1. The van der Waals surface area contributed by atoms with E-state index in [0.29, 0.717) is 21.9 Å². The second-order valence-electron chi connectivity index (χ2n) is 8.98. The van der Waals surface area contributed by atoms with Crippen LogP contribution in [0.3, 0.4) is 0 Å². The predicted molar refractivity (Wildman–Crippen MR) is 149 cm³/mol. The number of carbonyl (C=O) groups excluding carboxylic acids is 1. The maximum absolute atomic E-state index is 12.8. The Morgan fingerprint density at radius 2 is 1.95 bits per heavy atom. The summed E-state index contributed by atoms with van der Waals surface area (Å²) >= 11 is 3.48. The molecule has 0 bridgehead atoms. The quantitative estimate of drug-likeness (QED) is 0.325. The van der Waals surface area contributed by atoms with E-state index < -0.39 is 6.03 Å². The van der Waals surface area contributed by atoms with Gasteiger partial charge in [0.1, 0.15) is 11.5 Å². The lowest BCUT2D eigenvalue weighted by atomic mass is 9.99. The zero-order valence-electron chi connectivity index (χ0n) is 21.3. The zero-order chi connectivity index (χ0) is 27.1. The van der Waals surface area contributed by atoms with Gasteiger partial charge in [-0.05, 0) is 64.6 Å². The fraction of sp³-hybridized carbons (Fsp3) is 0.296.